The van der Waals surface area contributed by atoms with Crippen molar-refractivity contribution in [1.82, 2.24) is 25.3 Å². The second-order valence-electron chi connectivity index (χ2n) is 7.88. The molecule has 9 nitrogen and oxygen atoms in total. The van der Waals surface area contributed by atoms with Crippen LogP contribution in [0.25, 0.3) is 0 Å². The van der Waals surface area contributed by atoms with Crippen LogP contribution in [-0.2, 0) is 4.79 Å². The number of carbonyl (C=O) groups is 2. The van der Waals surface area contributed by atoms with Gasteiger partial charge in [0.1, 0.15) is 5.69 Å². The van der Waals surface area contributed by atoms with E-state index in [1.807, 2.05) is 29.7 Å². The predicted octanol–water partition coefficient (Wildman–Crippen LogP) is 1.54. The molecule has 2 fully saturated rings. The maximum Gasteiger partial charge on any atom is 0.272 e. The molecule has 2 saturated heterocycles. The number of amides is 2. The molecule has 0 bridgehead atoms. The van der Waals surface area contributed by atoms with E-state index in [0.29, 0.717) is 37.8 Å². The number of piperazine rings is 1. The molecule has 0 radical (unpaired) electrons. The number of piperidine rings is 1. The van der Waals surface area contributed by atoms with Gasteiger partial charge in [-0.25, -0.2) is 0 Å². The minimum absolute atomic E-state index is 0.00917. The summed E-state index contributed by atoms with van der Waals surface area (Å²) in [4.78, 5) is 37.2. The number of nitrogens with one attached hydrogen (secondary N) is 1. The number of carbonyl (C=O) groups excluding carboxylic acids is 2. The lowest BCUT2D eigenvalue weighted by molar-refractivity contribution is -0.120. The molecule has 0 atom stereocenters. The molecule has 2 aromatic rings. The highest BCUT2D eigenvalue weighted by atomic mass is 16.5. The molecule has 4 heterocycles. The van der Waals surface area contributed by atoms with Gasteiger partial charge in [0.05, 0.1) is 6.54 Å². The number of anilines is 1. The Morgan fingerprint density at radius 1 is 1.28 bits per heavy atom. The van der Waals surface area contributed by atoms with Crippen LogP contribution in [0.2, 0.25) is 0 Å². The lowest BCUT2D eigenvalue weighted by Gasteiger charge is -2.31. The molecule has 2 aliphatic rings. The average Bonchev–Trinajstić information content (AvgIpc) is 3.24. The van der Waals surface area contributed by atoms with E-state index in [4.69, 9.17) is 4.52 Å². The quantitative estimate of drug-likeness (QED) is 0.833. The van der Waals surface area contributed by atoms with E-state index in [2.05, 4.69) is 20.4 Å². The Kier molecular flexibility index (Phi) is 5.46. The summed E-state index contributed by atoms with van der Waals surface area (Å²) < 4.78 is 5.32. The highest BCUT2D eigenvalue weighted by Gasteiger charge is 2.28. The van der Waals surface area contributed by atoms with Crippen molar-refractivity contribution in [2.24, 2.45) is 0 Å². The first-order valence-electron chi connectivity index (χ1n) is 10.1. The Labute approximate surface area is 169 Å². The Morgan fingerprint density at radius 3 is 2.76 bits per heavy atom. The number of hydrogen-bond donors (Lipinski definition) is 1. The number of rotatable bonds is 4. The Bertz CT molecular complexity index is 888. The fraction of sp³-hybridized carbons (Fsp3) is 0.550. The van der Waals surface area contributed by atoms with Gasteiger partial charge >= 0.3 is 0 Å². The van der Waals surface area contributed by atoms with Gasteiger partial charge in [-0.15, -0.1) is 0 Å². The summed E-state index contributed by atoms with van der Waals surface area (Å²) in [5.74, 6) is 1.73. The van der Waals surface area contributed by atoms with E-state index in [1.165, 1.54) is 0 Å². The molecule has 29 heavy (non-hydrogen) atoms. The summed E-state index contributed by atoms with van der Waals surface area (Å²) in [6.07, 6.45) is 3.23. The van der Waals surface area contributed by atoms with Crippen LogP contribution in [0.15, 0.2) is 22.9 Å². The predicted molar refractivity (Wildman–Crippen MR) is 106 cm³/mol. The van der Waals surface area contributed by atoms with Gasteiger partial charge in [0.25, 0.3) is 5.91 Å². The zero-order valence-corrected chi connectivity index (χ0v) is 16.8. The summed E-state index contributed by atoms with van der Waals surface area (Å²) in [7, 11) is 0. The zero-order valence-electron chi connectivity index (χ0n) is 16.8. The number of hydrogen-bond acceptors (Lipinski definition) is 7. The molecule has 0 unspecified atom stereocenters. The van der Waals surface area contributed by atoms with Gasteiger partial charge in [0, 0.05) is 49.9 Å². The van der Waals surface area contributed by atoms with Crippen molar-refractivity contribution in [3.8, 4) is 0 Å². The van der Waals surface area contributed by atoms with Crippen molar-refractivity contribution in [2.45, 2.75) is 38.5 Å². The second-order valence-corrected chi connectivity index (χ2v) is 7.88. The van der Waals surface area contributed by atoms with Gasteiger partial charge in [-0.3, -0.25) is 14.6 Å². The second kappa shape index (κ2) is 8.18. The average molecular weight is 398 g/mol. The molecule has 9 heteroatoms. The molecular weight excluding hydrogens is 372 g/mol. The molecule has 0 aromatic carbocycles. The van der Waals surface area contributed by atoms with E-state index in [1.54, 1.807) is 12.3 Å². The first kappa shape index (κ1) is 19.4. The molecule has 2 amide bonds. The van der Waals surface area contributed by atoms with Crippen molar-refractivity contribution < 1.29 is 14.1 Å². The van der Waals surface area contributed by atoms with E-state index >= 15 is 0 Å². The summed E-state index contributed by atoms with van der Waals surface area (Å²) >= 11 is 0. The lowest BCUT2D eigenvalue weighted by Crippen LogP contribution is -2.47. The van der Waals surface area contributed by atoms with Gasteiger partial charge in [0.15, 0.2) is 5.82 Å². The summed E-state index contributed by atoms with van der Waals surface area (Å²) in [5.41, 5.74) is 1.26. The van der Waals surface area contributed by atoms with Crippen LogP contribution in [-0.4, -0.2) is 64.6 Å². The topological polar surface area (TPSA) is 104 Å². The van der Waals surface area contributed by atoms with Crippen LogP contribution in [0.5, 0.6) is 0 Å². The van der Waals surface area contributed by atoms with Gasteiger partial charge < -0.3 is 19.6 Å². The number of pyridine rings is 1. The standard InChI is InChI=1S/C20H26N6O3/c1-13(2)19-23-18(24-29-19)14-4-8-25(9-5-14)20(28)16-11-15(3-6-21-16)26-10-7-22-17(27)12-26/h3,6,11,13-14H,4-5,7-10,12H2,1-2H3,(H,22,27). The Balaban J connectivity index is 1.39. The maximum absolute atomic E-state index is 13.0. The highest BCUT2D eigenvalue weighted by molar-refractivity contribution is 5.93. The first-order chi connectivity index (χ1) is 14.0. The van der Waals surface area contributed by atoms with Crippen LogP contribution in [0.1, 0.15) is 60.7 Å². The van der Waals surface area contributed by atoms with E-state index in [-0.39, 0.29) is 23.7 Å². The lowest BCUT2D eigenvalue weighted by atomic mass is 9.96. The van der Waals surface area contributed by atoms with Crippen molar-refractivity contribution in [1.29, 1.82) is 0 Å². The van der Waals surface area contributed by atoms with Gasteiger partial charge in [0.2, 0.25) is 11.8 Å². The molecule has 154 valence electrons. The fourth-order valence-corrected chi connectivity index (χ4v) is 3.74. The monoisotopic (exact) mass is 398 g/mol. The number of likely N-dealkylation sites (tertiary alicyclic amines) is 1. The normalized spacial score (nSPS) is 18.2. The van der Waals surface area contributed by atoms with Crippen molar-refractivity contribution in [3.63, 3.8) is 0 Å². The Hall–Kier alpha value is -2.97. The smallest absolute Gasteiger partial charge is 0.272 e. The van der Waals surface area contributed by atoms with Crippen molar-refractivity contribution in [2.75, 3.05) is 37.6 Å². The molecule has 0 saturated carbocycles. The molecule has 1 N–H and O–H groups in total. The molecule has 4 rings (SSSR count). The maximum atomic E-state index is 13.0. The molecule has 0 spiro atoms. The number of nitrogens with zero attached hydrogens (tertiary/aromatic N) is 5. The molecule has 2 aliphatic heterocycles. The largest absolute Gasteiger partial charge is 0.360 e. The minimum atomic E-state index is -0.0808. The SMILES string of the molecule is CC(C)c1nc(C2CCN(C(=O)c3cc(N4CCNC(=O)C4)ccn3)CC2)no1. The minimum Gasteiger partial charge on any atom is -0.360 e. The van der Waals surface area contributed by atoms with E-state index in [0.717, 1.165) is 30.9 Å². The van der Waals surface area contributed by atoms with Crippen LogP contribution in [0, 0.1) is 0 Å². The summed E-state index contributed by atoms with van der Waals surface area (Å²) in [6.45, 7) is 6.93. The number of aromatic nitrogens is 3. The van der Waals surface area contributed by atoms with Crippen LogP contribution >= 0.6 is 0 Å². The Morgan fingerprint density at radius 2 is 2.07 bits per heavy atom. The zero-order chi connectivity index (χ0) is 20.4. The third-order valence-electron chi connectivity index (χ3n) is 5.46. The third kappa shape index (κ3) is 4.23. The van der Waals surface area contributed by atoms with Gasteiger partial charge in [-0.2, -0.15) is 4.98 Å². The van der Waals surface area contributed by atoms with Gasteiger partial charge in [-0.1, -0.05) is 19.0 Å². The van der Waals surface area contributed by atoms with Crippen molar-refractivity contribution >= 4 is 17.5 Å². The van der Waals surface area contributed by atoms with E-state index < -0.39 is 0 Å². The summed E-state index contributed by atoms with van der Waals surface area (Å²) in [6, 6.07) is 3.62. The van der Waals surface area contributed by atoms with Crippen LogP contribution < -0.4 is 10.2 Å². The third-order valence-corrected chi connectivity index (χ3v) is 5.46. The summed E-state index contributed by atoms with van der Waals surface area (Å²) in [5, 5.41) is 6.93. The molecule has 0 aliphatic carbocycles. The highest BCUT2D eigenvalue weighted by Crippen LogP contribution is 2.28. The van der Waals surface area contributed by atoms with Crippen LogP contribution in [0.4, 0.5) is 5.69 Å². The first-order valence-corrected chi connectivity index (χ1v) is 10.1. The molecular formula is C20H26N6O3. The molecule has 2 aromatic heterocycles. The fourth-order valence-electron chi connectivity index (χ4n) is 3.74. The van der Waals surface area contributed by atoms with E-state index in [9.17, 15) is 9.59 Å². The van der Waals surface area contributed by atoms with Crippen molar-refractivity contribution in [3.05, 3.63) is 35.7 Å². The van der Waals surface area contributed by atoms with Gasteiger partial charge in [-0.05, 0) is 25.0 Å². The van der Waals surface area contributed by atoms with Crippen LogP contribution in [0.3, 0.4) is 0 Å².